The van der Waals surface area contributed by atoms with E-state index in [4.69, 9.17) is 4.74 Å². The normalized spacial score (nSPS) is 17.7. The molecule has 20 heavy (non-hydrogen) atoms. The van der Waals surface area contributed by atoms with E-state index in [1.165, 1.54) is 19.2 Å². The number of carbonyl (C=O) groups excluding carboxylic acids is 1. The lowest BCUT2D eigenvalue weighted by Crippen LogP contribution is -2.25. The van der Waals surface area contributed by atoms with E-state index in [1.807, 2.05) is 0 Å². The third-order valence-electron chi connectivity index (χ3n) is 3.29. The number of ether oxygens (including phenoxy) is 2. The highest BCUT2D eigenvalue weighted by atomic mass is 32.2. The molecular formula is C14H17FO4S. The Bertz CT molecular complexity index is 512. The third kappa shape index (κ3) is 3.64. The van der Waals surface area contributed by atoms with Gasteiger partial charge in [-0.25, -0.2) is 9.18 Å². The van der Waals surface area contributed by atoms with Gasteiger partial charge in [0, 0.05) is 35.0 Å². The van der Waals surface area contributed by atoms with Gasteiger partial charge in [0.1, 0.15) is 5.82 Å². The van der Waals surface area contributed by atoms with Gasteiger partial charge in [0.2, 0.25) is 0 Å². The summed E-state index contributed by atoms with van der Waals surface area (Å²) in [6.45, 7) is 1.26. The molecule has 0 radical (unpaired) electrons. The standard InChI is InChI=1S/C14H17FO4S/c1-18-14(16)12-3-2-10(8-13(12)15)9-20(17)11-4-6-19-7-5-11/h2-3,8,11H,4-7,9H2,1H3. The fraction of sp³-hybridized carbons (Fsp3) is 0.500. The van der Waals surface area contributed by atoms with Crippen molar-refractivity contribution < 1.29 is 22.9 Å². The Labute approximate surface area is 119 Å². The SMILES string of the molecule is COC(=O)c1ccc(CS(=O)C2CCOCC2)cc1F. The first-order valence-corrected chi connectivity index (χ1v) is 7.81. The summed E-state index contributed by atoms with van der Waals surface area (Å²) in [4.78, 5) is 11.3. The van der Waals surface area contributed by atoms with Crippen LogP contribution in [-0.4, -0.2) is 35.8 Å². The summed E-state index contributed by atoms with van der Waals surface area (Å²) in [5.41, 5.74) is 0.521. The Morgan fingerprint density at radius 1 is 1.45 bits per heavy atom. The van der Waals surface area contributed by atoms with Crippen molar-refractivity contribution in [1.29, 1.82) is 0 Å². The number of methoxy groups -OCH3 is 1. The molecule has 1 aromatic carbocycles. The molecule has 0 amide bonds. The predicted molar refractivity (Wildman–Crippen MR) is 73.4 cm³/mol. The van der Waals surface area contributed by atoms with E-state index in [0.29, 0.717) is 24.5 Å². The molecule has 1 fully saturated rings. The first-order valence-electron chi connectivity index (χ1n) is 6.43. The lowest BCUT2D eigenvalue weighted by atomic mass is 10.1. The summed E-state index contributed by atoms with van der Waals surface area (Å²) in [6, 6.07) is 4.24. The molecule has 0 aliphatic carbocycles. The van der Waals surface area contributed by atoms with E-state index in [9.17, 15) is 13.4 Å². The Morgan fingerprint density at radius 3 is 2.75 bits per heavy atom. The van der Waals surface area contributed by atoms with Gasteiger partial charge in [0.15, 0.2) is 0 Å². The third-order valence-corrected chi connectivity index (χ3v) is 5.12. The Balaban J connectivity index is 2.04. The van der Waals surface area contributed by atoms with Crippen molar-refractivity contribution in [3.05, 3.63) is 35.1 Å². The summed E-state index contributed by atoms with van der Waals surface area (Å²) in [5, 5.41) is 0.104. The highest BCUT2D eigenvalue weighted by molar-refractivity contribution is 7.84. The van der Waals surface area contributed by atoms with Gasteiger partial charge in [0.05, 0.1) is 12.7 Å². The molecule has 1 aliphatic rings. The maximum atomic E-state index is 13.8. The smallest absolute Gasteiger partial charge is 0.340 e. The van der Waals surface area contributed by atoms with Crippen LogP contribution >= 0.6 is 0 Å². The molecule has 1 atom stereocenters. The quantitative estimate of drug-likeness (QED) is 0.799. The molecule has 0 N–H and O–H groups in total. The first kappa shape index (κ1) is 15.1. The summed E-state index contributed by atoms with van der Waals surface area (Å²) in [7, 11) is 0.157. The molecule has 0 spiro atoms. The number of hydrogen-bond acceptors (Lipinski definition) is 4. The van der Waals surface area contributed by atoms with Gasteiger partial charge < -0.3 is 9.47 Å². The number of hydrogen-bond donors (Lipinski definition) is 0. The summed E-state index contributed by atoms with van der Waals surface area (Å²) in [6.07, 6.45) is 1.55. The highest BCUT2D eigenvalue weighted by Gasteiger charge is 2.21. The molecule has 4 nitrogen and oxygen atoms in total. The molecule has 6 heteroatoms. The van der Waals surface area contributed by atoms with Crippen LogP contribution in [0.3, 0.4) is 0 Å². The van der Waals surface area contributed by atoms with Crippen LogP contribution in [0.4, 0.5) is 4.39 Å². The average molecular weight is 300 g/mol. The lowest BCUT2D eigenvalue weighted by Gasteiger charge is -2.21. The number of halogens is 1. The zero-order valence-corrected chi connectivity index (χ0v) is 12.1. The summed E-state index contributed by atoms with van der Waals surface area (Å²) >= 11 is 0. The number of rotatable bonds is 4. The fourth-order valence-electron chi connectivity index (χ4n) is 2.14. The Kier molecular flexibility index (Phi) is 5.25. The minimum atomic E-state index is -1.05. The molecule has 110 valence electrons. The van der Waals surface area contributed by atoms with Crippen molar-refractivity contribution in [1.82, 2.24) is 0 Å². The van der Waals surface area contributed by atoms with Gasteiger partial charge in [-0.15, -0.1) is 0 Å². The van der Waals surface area contributed by atoms with Crippen LogP contribution < -0.4 is 0 Å². The minimum Gasteiger partial charge on any atom is -0.465 e. The van der Waals surface area contributed by atoms with E-state index in [2.05, 4.69) is 4.74 Å². The van der Waals surface area contributed by atoms with E-state index in [1.54, 1.807) is 6.07 Å². The van der Waals surface area contributed by atoms with Crippen molar-refractivity contribution in [2.24, 2.45) is 0 Å². The lowest BCUT2D eigenvalue weighted by molar-refractivity contribution is 0.0595. The first-order chi connectivity index (χ1) is 9.61. The van der Waals surface area contributed by atoms with Gasteiger partial charge in [-0.05, 0) is 30.5 Å². The molecule has 1 saturated heterocycles. The van der Waals surface area contributed by atoms with Crippen molar-refractivity contribution in [3.63, 3.8) is 0 Å². The Hall–Kier alpha value is -1.27. The molecule has 2 rings (SSSR count). The topological polar surface area (TPSA) is 52.6 Å². The van der Waals surface area contributed by atoms with Gasteiger partial charge >= 0.3 is 5.97 Å². The minimum absolute atomic E-state index is 0.104. The zero-order valence-electron chi connectivity index (χ0n) is 11.3. The van der Waals surface area contributed by atoms with Crippen molar-refractivity contribution >= 4 is 16.8 Å². The number of esters is 1. The molecule has 0 saturated carbocycles. The second kappa shape index (κ2) is 6.95. The molecule has 0 aromatic heterocycles. The fourth-order valence-corrected chi connectivity index (χ4v) is 3.61. The zero-order chi connectivity index (χ0) is 14.5. The molecule has 0 bridgehead atoms. The van der Waals surface area contributed by atoms with Crippen LogP contribution in [0.1, 0.15) is 28.8 Å². The molecular weight excluding hydrogens is 283 g/mol. The van der Waals surface area contributed by atoms with E-state index in [-0.39, 0.29) is 10.8 Å². The van der Waals surface area contributed by atoms with Crippen LogP contribution in [0.5, 0.6) is 0 Å². The van der Waals surface area contributed by atoms with Crippen LogP contribution in [-0.2, 0) is 26.0 Å². The molecule has 1 aliphatic heterocycles. The van der Waals surface area contributed by atoms with Crippen LogP contribution in [0, 0.1) is 5.82 Å². The number of carbonyl (C=O) groups is 1. The van der Waals surface area contributed by atoms with Gasteiger partial charge in [-0.3, -0.25) is 4.21 Å². The van der Waals surface area contributed by atoms with Crippen molar-refractivity contribution in [2.75, 3.05) is 20.3 Å². The van der Waals surface area contributed by atoms with Crippen molar-refractivity contribution in [2.45, 2.75) is 23.8 Å². The summed E-state index contributed by atoms with van der Waals surface area (Å²) < 4.78 is 35.7. The van der Waals surface area contributed by atoms with Crippen molar-refractivity contribution in [3.8, 4) is 0 Å². The Morgan fingerprint density at radius 2 is 2.15 bits per heavy atom. The summed E-state index contributed by atoms with van der Waals surface area (Å²) in [5.74, 6) is -1.05. The second-order valence-corrected chi connectivity index (χ2v) is 6.36. The average Bonchev–Trinajstić information content (AvgIpc) is 2.47. The predicted octanol–water partition coefficient (Wildman–Crippen LogP) is 2.04. The van der Waals surface area contributed by atoms with Gasteiger partial charge in [-0.1, -0.05) is 6.07 Å². The monoisotopic (exact) mass is 300 g/mol. The maximum Gasteiger partial charge on any atom is 0.340 e. The number of benzene rings is 1. The van der Waals surface area contributed by atoms with Crippen LogP contribution in [0.15, 0.2) is 18.2 Å². The van der Waals surface area contributed by atoms with Gasteiger partial charge in [0.25, 0.3) is 0 Å². The van der Waals surface area contributed by atoms with Crippen LogP contribution in [0.2, 0.25) is 0 Å². The highest BCUT2D eigenvalue weighted by Crippen LogP contribution is 2.18. The molecule has 1 unspecified atom stereocenters. The second-order valence-electron chi connectivity index (χ2n) is 4.64. The largest absolute Gasteiger partial charge is 0.465 e. The van der Waals surface area contributed by atoms with Gasteiger partial charge in [-0.2, -0.15) is 0 Å². The van der Waals surface area contributed by atoms with E-state index < -0.39 is 22.6 Å². The van der Waals surface area contributed by atoms with E-state index >= 15 is 0 Å². The van der Waals surface area contributed by atoms with Crippen LogP contribution in [0.25, 0.3) is 0 Å². The van der Waals surface area contributed by atoms with E-state index in [0.717, 1.165) is 12.8 Å². The molecule has 1 aromatic rings. The molecule has 1 heterocycles. The maximum absolute atomic E-state index is 13.8.